The Hall–Kier alpha value is -0.440. The van der Waals surface area contributed by atoms with Gasteiger partial charge in [-0.25, -0.2) is 0 Å². The Morgan fingerprint density at radius 2 is 2.15 bits per heavy atom. The quantitative estimate of drug-likeness (QED) is 0.726. The Morgan fingerprint density at radius 1 is 1.38 bits per heavy atom. The van der Waals surface area contributed by atoms with E-state index in [-0.39, 0.29) is 0 Å². The van der Waals surface area contributed by atoms with E-state index < -0.39 is 6.10 Å². The first kappa shape index (κ1) is 9.13. The molecule has 2 nitrogen and oxygen atoms in total. The number of benzene rings is 1. The van der Waals surface area contributed by atoms with Gasteiger partial charge in [0.15, 0.2) is 0 Å². The van der Waals surface area contributed by atoms with E-state index >= 15 is 0 Å². The number of ether oxygens (including phenoxy) is 1. The lowest BCUT2D eigenvalue weighted by Gasteiger charge is -2.23. The molecule has 0 radical (unpaired) electrons. The number of halogens is 2. The lowest BCUT2D eigenvalue weighted by atomic mass is 10.0. The standard InChI is InChI=1S/C9H8Cl2O2/c10-5-3-6-8(12)1-2-13-9(6)7(11)4-5/h3-4,8,12H,1-2H2/t8-/m1/s1. The second kappa shape index (κ2) is 3.37. The summed E-state index contributed by atoms with van der Waals surface area (Å²) in [5, 5.41) is 10.6. The van der Waals surface area contributed by atoms with Crippen LogP contribution in [0.1, 0.15) is 18.1 Å². The zero-order valence-corrected chi connectivity index (χ0v) is 8.27. The molecule has 0 saturated heterocycles. The van der Waals surface area contributed by atoms with Crippen molar-refractivity contribution in [2.75, 3.05) is 6.61 Å². The molecular weight excluding hydrogens is 211 g/mol. The van der Waals surface area contributed by atoms with Gasteiger partial charge in [0, 0.05) is 17.0 Å². The van der Waals surface area contributed by atoms with Gasteiger partial charge in [0.25, 0.3) is 0 Å². The predicted molar refractivity (Wildman–Crippen MR) is 51.5 cm³/mol. The van der Waals surface area contributed by atoms with Crippen LogP contribution < -0.4 is 4.74 Å². The van der Waals surface area contributed by atoms with Crippen molar-refractivity contribution < 1.29 is 9.84 Å². The molecular formula is C9H8Cl2O2. The van der Waals surface area contributed by atoms with Crippen molar-refractivity contribution in [2.24, 2.45) is 0 Å². The van der Waals surface area contributed by atoms with Gasteiger partial charge in [-0.15, -0.1) is 0 Å². The van der Waals surface area contributed by atoms with E-state index in [1.165, 1.54) is 0 Å². The summed E-state index contributed by atoms with van der Waals surface area (Å²) < 4.78 is 5.33. The fraction of sp³-hybridized carbons (Fsp3) is 0.333. The topological polar surface area (TPSA) is 29.5 Å². The maximum Gasteiger partial charge on any atom is 0.143 e. The maximum absolute atomic E-state index is 9.61. The van der Waals surface area contributed by atoms with Gasteiger partial charge in [-0.1, -0.05) is 23.2 Å². The van der Waals surface area contributed by atoms with Crippen LogP contribution in [-0.2, 0) is 0 Å². The molecule has 1 aliphatic rings. The normalized spacial score (nSPS) is 20.7. The minimum Gasteiger partial charge on any atom is -0.492 e. The first-order chi connectivity index (χ1) is 6.18. The number of hydrogen-bond donors (Lipinski definition) is 1. The summed E-state index contributed by atoms with van der Waals surface area (Å²) >= 11 is 11.7. The van der Waals surface area contributed by atoms with Crippen LogP contribution in [0.15, 0.2) is 12.1 Å². The largest absolute Gasteiger partial charge is 0.492 e. The van der Waals surface area contributed by atoms with Crippen molar-refractivity contribution in [3.63, 3.8) is 0 Å². The maximum atomic E-state index is 9.61. The Balaban J connectivity index is 2.56. The fourth-order valence-corrected chi connectivity index (χ4v) is 1.97. The smallest absolute Gasteiger partial charge is 0.143 e. The summed E-state index contributed by atoms with van der Waals surface area (Å²) in [6, 6.07) is 3.30. The molecule has 1 atom stereocenters. The summed E-state index contributed by atoms with van der Waals surface area (Å²) in [5.74, 6) is 0.560. The Bertz CT molecular complexity index is 339. The average Bonchev–Trinajstić information content (AvgIpc) is 2.07. The third-order valence-corrected chi connectivity index (χ3v) is 2.53. The highest BCUT2D eigenvalue weighted by Gasteiger charge is 2.22. The number of rotatable bonds is 0. The molecule has 0 spiro atoms. The molecule has 1 aliphatic heterocycles. The van der Waals surface area contributed by atoms with E-state index in [4.69, 9.17) is 27.9 Å². The minimum atomic E-state index is -0.514. The second-order valence-corrected chi connectivity index (χ2v) is 3.80. The van der Waals surface area contributed by atoms with Crippen LogP contribution in [0, 0.1) is 0 Å². The molecule has 2 rings (SSSR count). The van der Waals surface area contributed by atoms with Gasteiger partial charge in [0.2, 0.25) is 0 Å². The molecule has 13 heavy (non-hydrogen) atoms. The summed E-state index contributed by atoms with van der Waals surface area (Å²) in [6.45, 7) is 0.496. The Kier molecular flexibility index (Phi) is 2.37. The van der Waals surface area contributed by atoms with Crippen LogP contribution in [0.2, 0.25) is 10.0 Å². The van der Waals surface area contributed by atoms with Crippen molar-refractivity contribution in [3.8, 4) is 5.75 Å². The van der Waals surface area contributed by atoms with Gasteiger partial charge < -0.3 is 9.84 Å². The van der Waals surface area contributed by atoms with Crippen LogP contribution >= 0.6 is 23.2 Å². The van der Waals surface area contributed by atoms with E-state index in [9.17, 15) is 5.11 Å². The SMILES string of the molecule is O[C@@H]1CCOc2c(Cl)cc(Cl)cc21. The van der Waals surface area contributed by atoms with Crippen molar-refractivity contribution in [2.45, 2.75) is 12.5 Å². The molecule has 1 aromatic carbocycles. The third kappa shape index (κ3) is 1.62. The molecule has 0 fully saturated rings. The molecule has 70 valence electrons. The lowest BCUT2D eigenvalue weighted by Crippen LogP contribution is -2.13. The molecule has 0 aliphatic carbocycles. The van der Waals surface area contributed by atoms with Crippen molar-refractivity contribution in [1.29, 1.82) is 0 Å². The first-order valence-corrected chi connectivity index (χ1v) is 4.74. The lowest BCUT2D eigenvalue weighted by molar-refractivity contribution is 0.115. The van der Waals surface area contributed by atoms with Crippen molar-refractivity contribution in [3.05, 3.63) is 27.7 Å². The summed E-state index contributed by atoms with van der Waals surface area (Å²) in [4.78, 5) is 0. The highest BCUT2D eigenvalue weighted by atomic mass is 35.5. The van der Waals surface area contributed by atoms with E-state index in [0.29, 0.717) is 34.4 Å². The molecule has 0 aromatic heterocycles. The van der Waals surface area contributed by atoms with Gasteiger partial charge in [-0.05, 0) is 12.1 Å². The fourth-order valence-electron chi connectivity index (χ4n) is 1.41. The summed E-state index contributed by atoms with van der Waals surface area (Å²) in [7, 11) is 0. The van der Waals surface area contributed by atoms with Crippen molar-refractivity contribution >= 4 is 23.2 Å². The van der Waals surface area contributed by atoms with Gasteiger partial charge >= 0.3 is 0 Å². The monoisotopic (exact) mass is 218 g/mol. The summed E-state index contributed by atoms with van der Waals surface area (Å²) in [6.07, 6.45) is 0.0730. The second-order valence-electron chi connectivity index (χ2n) is 2.96. The van der Waals surface area contributed by atoms with E-state index in [2.05, 4.69) is 0 Å². The molecule has 0 saturated carbocycles. The molecule has 4 heteroatoms. The van der Waals surface area contributed by atoms with E-state index in [1.807, 2.05) is 0 Å². The van der Waals surface area contributed by atoms with Crippen molar-refractivity contribution in [1.82, 2.24) is 0 Å². The average molecular weight is 219 g/mol. The zero-order chi connectivity index (χ0) is 9.42. The molecule has 0 bridgehead atoms. The minimum absolute atomic E-state index is 0.459. The van der Waals surface area contributed by atoms with Crippen LogP contribution in [0.4, 0.5) is 0 Å². The molecule has 0 amide bonds. The van der Waals surface area contributed by atoms with Gasteiger partial charge in [-0.2, -0.15) is 0 Å². The number of fused-ring (bicyclic) bond motifs is 1. The van der Waals surface area contributed by atoms with Crippen LogP contribution in [0.3, 0.4) is 0 Å². The highest BCUT2D eigenvalue weighted by molar-refractivity contribution is 6.35. The zero-order valence-electron chi connectivity index (χ0n) is 6.76. The van der Waals surface area contributed by atoms with E-state index in [1.54, 1.807) is 12.1 Å². The van der Waals surface area contributed by atoms with Crippen LogP contribution in [0.5, 0.6) is 5.75 Å². The molecule has 0 unspecified atom stereocenters. The van der Waals surface area contributed by atoms with Gasteiger partial charge in [-0.3, -0.25) is 0 Å². The van der Waals surface area contributed by atoms with Crippen LogP contribution in [0.25, 0.3) is 0 Å². The number of hydrogen-bond acceptors (Lipinski definition) is 2. The number of aliphatic hydroxyl groups is 1. The Morgan fingerprint density at radius 3 is 2.92 bits per heavy atom. The molecule has 1 heterocycles. The third-order valence-electron chi connectivity index (χ3n) is 2.03. The molecule has 1 aromatic rings. The highest BCUT2D eigenvalue weighted by Crippen LogP contribution is 2.39. The first-order valence-electron chi connectivity index (χ1n) is 3.98. The van der Waals surface area contributed by atoms with Gasteiger partial charge in [0.1, 0.15) is 5.75 Å². The molecule has 1 N–H and O–H groups in total. The summed E-state index contributed by atoms with van der Waals surface area (Å²) in [5.41, 5.74) is 0.684. The predicted octanol–water partition coefficient (Wildman–Crippen LogP) is 2.81. The van der Waals surface area contributed by atoms with Gasteiger partial charge in [0.05, 0.1) is 17.7 Å². The van der Waals surface area contributed by atoms with E-state index in [0.717, 1.165) is 0 Å². The van der Waals surface area contributed by atoms with Crippen LogP contribution in [-0.4, -0.2) is 11.7 Å². The Labute approximate surface area is 86.0 Å². The number of aliphatic hydroxyl groups excluding tert-OH is 1.